The monoisotopic (exact) mass is 644 g/mol. The van der Waals surface area contributed by atoms with E-state index in [0.717, 1.165) is 50.1 Å². The first-order chi connectivity index (χ1) is 22.4. The molecule has 0 unspecified atom stereocenters. The first-order valence-corrected chi connectivity index (χ1v) is 16.1. The second-order valence-electron chi connectivity index (χ2n) is 13.0. The van der Waals surface area contributed by atoms with E-state index in [9.17, 15) is 19.5 Å². The molecule has 1 aliphatic heterocycles. The zero-order chi connectivity index (χ0) is 34.0. The number of aliphatic hydroxyl groups is 1. The minimum atomic E-state index is -0.658. The zero-order valence-corrected chi connectivity index (χ0v) is 28.1. The summed E-state index contributed by atoms with van der Waals surface area (Å²) < 4.78 is 5.35. The number of para-hydroxylation sites is 2. The molecule has 0 saturated carbocycles. The molecule has 11 heteroatoms. The van der Waals surface area contributed by atoms with E-state index in [1.807, 2.05) is 55.4 Å². The molecule has 0 radical (unpaired) electrons. The van der Waals surface area contributed by atoms with Crippen LogP contribution in [0.25, 0.3) is 0 Å². The van der Waals surface area contributed by atoms with Crippen molar-refractivity contribution in [1.29, 1.82) is 0 Å². The van der Waals surface area contributed by atoms with Crippen LogP contribution < -0.4 is 20.9 Å². The maximum atomic E-state index is 13.5. The van der Waals surface area contributed by atoms with Gasteiger partial charge in [0.05, 0.1) is 17.5 Å². The lowest BCUT2D eigenvalue weighted by Gasteiger charge is -2.30. The number of nitrogens with one attached hydrogen (secondary N) is 3. The maximum absolute atomic E-state index is 13.5. The number of nitrogens with zero attached hydrogens (tertiary/aromatic N) is 3. The zero-order valence-electron chi connectivity index (χ0n) is 28.1. The quantitative estimate of drug-likeness (QED) is 0.195. The van der Waals surface area contributed by atoms with E-state index in [1.165, 1.54) is 0 Å². The molecule has 0 bridgehead atoms. The third-order valence-electron chi connectivity index (χ3n) is 7.76. The van der Waals surface area contributed by atoms with Gasteiger partial charge >= 0.3 is 12.1 Å². The number of amides is 4. The van der Waals surface area contributed by atoms with Gasteiger partial charge in [0.2, 0.25) is 0 Å². The molecule has 1 saturated heterocycles. The summed E-state index contributed by atoms with van der Waals surface area (Å²) in [6.45, 7) is 8.80. The summed E-state index contributed by atoms with van der Waals surface area (Å²) in [7, 11) is 3.91. The molecule has 252 valence electrons. The standard InChI is InChI=1S/C36H48N6O5/c1-36(2,3)47-35(46)39-32-13-7-6-12-31(32)38-33(44)27-16-14-26(15-17-27)25-42(21-9-20-41-22-18-30(43)19-23-41)34(45)37-28-10-8-11-29(24-28)40(4)5/h6-8,10-17,24,30,43H,9,18-23,25H2,1-5H3,(H,37,45)(H,38,44)(H,39,46). The molecule has 47 heavy (non-hydrogen) atoms. The van der Waals surface area contributed by atoms with Crippen LogP contribution >= 0.6 is 0 Å². The number of likely N-dealkylation sites (tertiary alicyclic amines) is 1. The summed E-state index contributed by atoms with van der Waals surface area (Å²) in [4.78, 5) is 45.1. The lowest BCUT2D eigenvalue weighted by Crippen LogP contribution is -2.39. The summed E-state index contributed by atoms with van der Waals surface area (Å²) in [5.74, 6) is -0.336. The number of piperidine rings is 1. The minimum Gasteiger partial charge on any atom is -0.444 e. The van der Waals surface area contributed by atoms with E-state index in [-0.39, 0.29) is 18.0 Å². The van der Waals surface area contributed by atoms with Crippen molar-refractivity contribution in [2.75, 3.05) is 61.1 Å². The van der Waals surface area contributed by atoms with Gasteiger partial charge in [0.15, 0.2) is 0 Å². The summed E-state index contributed by atoms with van der Waals surface area (Å²) in [5.41, 5.74) is 3.22. The highest BCUT2D eigenvalue weighted by Gasteiger charge is 2.20. The Morgan fingerprint density at radius 3 is 2.19 bits per heavy atom. The van der Waals surface area contributed by atoms with Crippen LogP contribution in [-0.2, 0) is 11.3 Å². The number of hydrogen-bond acceptors (Lipinski definition) is 7. The number of rotatable bonds is 11. The van der Waals surface area contributed by atoms with Crippen molar-refractivity contribution in [3.8, 4) is 0 Å². The molecule has 0 atom stereocenters. The molecule has 4 rings (SSSR count). The average Bonchev–Trinajstić information content (AvgIpc) is 3.02. The molecule has 3 aromatic carbocycles. The van der Waals surface area contributed by atoms with Crippen LogP contribution in [0.1, 0.15) is 56.0 Å². The lowest BCUT2D eigenvalue weighted by molar-refractivity contribution is 0.0635. The first-order valence-electron chi connectivity index (χ1n) is 16.1. The van der Waals surface area contributed by atoms with Gasteiger partial charge in [-0.3, -0.25) is 10.1 Å². The van der Waals surface area contributed by atoms with E-state index in [2.05, 4.69) is 20.9 Å². The molecule has 4 amide bonds. The lowest BCUT2D eigenvalue weighted by atomic mass is 10.1. The van der Waals surface area contributed by atoms with Gasteiger partial charge in [-0.15, -0.1) is 0 Å². The number of anilines is 4. The Kier molecular flexibility index (Phi) is 12.2. The largest absolute Gasteiger partial charge is 0.444 e. The van der Waals surface area contributed by atoms with Gasteiger partial charge in [-0.1, -0.05) is 30.3 Å². The van der Waals surface area contributed by atoms with Crippen LogP contribution in [0.4, 0.5) is 32.3 Å². The predicted molar refractivity (Wildman–Crippen MR) is 187 cm³/mol. The fourth-order valence-corrected chi connectivity index (χ4v) is 5.24. The normalized spacial score (nSPS) is 13.8. The van der Waals surface area contributed by atoms with Crippen LogP contribution in [-0.4, -0.2) is 84.9 Å². The van der Waals surface area contributed by atoms with Crippen LogP contribution in [0.2, 0.25) is 0 Å². The smallest absolute Gasteiger partial charge is 0.412 e. The summed E-state index contributed by atoms with van der Waals surface area (Å²) in [5, 5.41) is 18.5. The van der Waals surface area contributed by atoms with Crippen molar-refractivity contribution in [3.63, 3.8) is 0 Å². The number of ether oxygens (including phenoxy) is 1. The van der Waals surface area contributed by atoms with E-state index < -0.39 is 11.7 Å². The number of carbonyl (C=O) groups excluding carboxylic acids is 3. The van der Waals surface area contributed by atoms with Gasteiger partial charge < -0.3 is 35.2 Å². The van der Waals surface area contributed by atoms with E-state index in [4.69, 9.17) is 4.74 Å². The number of hydrogen-bond donors (Lipinski definition) is 4. The average molecular weight is 645 g/mol. The summed E-state index contributed by atoms with van der Waals surface area (Å²) in [6.07, 6.45) is 1.51. The molecule has 1 aliphatic rings. The van der Waals surface area contributed by atoms with Crippen molar-refractivity contribution >= 4 is 40.8 Å². The number of benzene rings is 3. The fraction of sp³-hybridized carbons (Fsp3) is 0.417. The van der Waals surface area contributed by atoms with E-state index in [0.29, 0.717) is 35.7 Å². The number of aliphatic hydroxyl groups excluding tert-OH is 1. The van der Waals surface area contributed by atoms with Gasteiger partial charge in [0, 0.05) is 57.2 Å². The van der Waals surface area contributed by atoms with Gasteiger partial charge in [-0.05, 0) is 94.6 Å². The van der Waals surface area contributed by atoms with Crippen molar-refractivity contribution < 1.29 is 24.2 Å². The fourth-order valence-electron chi connectivity index (χ4n) is 5.24. The Morgan fingerprint density at radius 1 is 0.894 bits per heavy atom. The highest BCUT2D eigenvalue weighted by Crippen LogP contribution is 2.23. The molecule has 0 spiro atoms. The third-order valence-corrected chi connectivity index (χ3v) is 7.76. The van der Waals surface area contributed by atoms with Crippen LogP contribution in [0.5, 0.6) is 0 Å². The molecular formula is C36H48N6O5. The predicted octanol–water partition coefficient (Wildman–Crippen LogP) is 6.23. The Morgan fingerprint density at radius 2 is 1.55 bits per heavy atom. The molecule has 3 aromatic rings. The van der Waals surface area contributed by atoms with E-state index in [1.54, 1.807) is 62.1 Å². The Balaban J connectivity index is 1.41. The highest BCUT2D eigenvalue weighted by atomic mass is 16.6. The molecular weight excluding hydrogens is 596 g/mol. The van der Waals surface area contributed by atoms with Crippen LogP contribution in [0.3, 0.4) is 0 Å². The second kappa shape index (κ2) is 16.3. The second-order valence-corrected chi connectivity index (χ2v) is 13.0. The van der Waals surface area contributed by atoms with Gasteiger partial charge in [0.25, 0.3) is 5.91 Å². The topological polar surface area (TPSA) is 126 Å². The molecule has 0 aromatic heterocycles. The van der Waals surface area contributed by atoms with Crippen LogP contribution in [0.15, 0.2) is 72.8 Å². The van der Waals surface area contributed by atoms with E-state index >= 15 is 0 Å². The van der Waals surface area contributed by atoms with Crippen molar-refractivity contribution in [2.24, 2.45) is 0 Å². The molecule has 1 fully saturated rings. The Labute approximate surface area is 277 Å². The SMILES string of the molecule is CN(C)c1cccc(NC(=O)N(CCCN2CCC(O)CC2)Cc2ccc(C(=O)Nc3ccccc3NC(=O)OC(C)(C)C)cc2)c1. The number of urea groups is 1. The molecule has 0 aliphatic carbocycles. The minimum absolute atomic E-state index is 0.203. The molecule has 1 heterocycles. The van der Waals surface area contributed by atoms with Crippen molar-refractivity contribution in [3.05, 3.63) is 83.9 Å². The maximum Gasteiger partial charge on any atom is 0.412 e. The summed E-state index contributed by atoms with van der Waals surface area (Å²) >= 11 is 0. The first kappa shape index (κ1) is 35.2. The summed E-state index contributed by atoms with van der Waals surface area (Å²) in [6, 6.07) is 21.6. The van der Waals surface area contributed by atoms with Crippen molar-refractivity contribution in [2.45, 2.75) is 58.3 Å². The van der Waals surface area contributed by atoms with Gasteiger partial charge in [-0.2, -0.15) is 0 Å². The molecule has 11 nitrogen and oxygen atoms in total. The molecule has 4 N–H and O–H groups in total. The number of carbonyl (C=O) groups is 3. The Hall–Kier alpha value is -4.61. The Bertz CT molecular complexity index is 1500. The third kappa shape index (κ3) is 11.3. The van der Waals surface area contributed by atoms with Gasteiger partial charge in [0.1, 0.15) is 5.60 Å². The van der Waals surface area contributed by atoms with Crippen molar-refractivity contribution in [1.82, 2.24) is 9.80 Å². The van der Waals surface area contributed by atoms with Crippen LogP contribution in [0, 0.1) is 0 Å². The highest BCUT2D eigenvalue weighted by molar-refractivity contribution is 6.06. The van der Waals surface area contributed by atoms with Gasteiger partial charge in [-0.25, -0.2) is 9.59 Å².